The van der Waals surface area contributed by atoms with Crippen LogP contribution in [0.1, 0.15) is 38.5 Å². The molecule has 0 radical (unpaired) electrons. The van der Waals surface area contributed by atoms with E-state index in [1.165, 1.54) is 7.11 Å². The van der Waals surface area contributed by atoms with Crippen molar-refractivity contribution in [2.24, 2.45) is 0 Å². The molecular weight excluding hydrogens is 362 g/mol. The van der Waals surface area contributed by atoms with Crippen LogP contribution in [0.5, 0.6) is 0 Å². The van der Waals surface area contributed by atoms with Gasteiger partial charge in [-0.25, -0.2) is 4.98 Å². The third-order valence-corrected chi connectivity index (χ3v) is 5.41. The number of hydrogen-bond acceptors (Lipinski definition) is 6. The fourth-order valence-electron chi connectivity index (χ4n) is 3.09. The third-order valence-electron chi connectivity index (χ3n) is 4.61. The molecule has 0 bridgehead atoms. The second-order valence-electron chi connectivity index (χ2n) is 6.55. The molecule has 2 heterocycles. The molecule has 1 saturated heterocycles. The van der Waals surface area contributed by atoms with Crippen LogP contribution in [-0.4, -0.2) is 37.1 Å². The van der Waals surface area contributed by atoms with Crippen molar-refractivity contribution in [2.45, 2.75) is 38.5 Å². The molecule has 0 atom stereocenters. The van der Waals surface area contributed by atoms with Gasteiger partial charge >= 0.3 is 5.97 Å². The fraction of sp³-hybridized carbons (Fsp3) is 0.450. The number of hydrogen-bond donors (Lipinski definition) is 1. The number of carbonyl (C=O) groups excluding carboxylic acids is 2. The SMILES string of the molecule is COC(=O)CCCCCNc1nc(-c2ccc(N3CCCC3=O)cc2)cs1. The summed E-state index contributed by atoms with van der Waals surface area (Å²) in [5.74, 6) is 0.0575. The Labute approximate surface area is 163 Å². The van der Waals surface area contributed by atoms with Crippen molar-refractivity contribution in [1.82, 2.24) is 4.98 Å². The number of ether oxygens (including phenoxy) is 1. The van der Waals surface area contributed by atoms with E-state index in [-0.39, 0.29) is 11.9 Å². The van der Waals surface area contributed by atoms with Gasteiger partial charge in [0, 0.05) is 42.6 Å². The number of methoxy groups -OCH3 is 1. The number of rotatable bonds is 9. The molecule has 1 aromatic heterocycles. The Balaban J connectivity index is 1.46. The van der Waals surface area contributed by atoms with E-state index < -0.39 is 0 Å². The number of nitrogens with zero attached hydrogens (tertiary/aromatic N) is 2. The van der Waals surface area contributed by atoms with E-state index in [0.29, 0.717) is 12.8 Å². The molecule has 3 rings (SSSR count). The van der Waals surface area contributed by atoms with Crippen LogP contribution in [0.3, 0.4) is 0 Å². The average Bonchev–Trinajstić information content (AvgIpc) is 3.33. The molecule has 0 saturated carbocycles. The number of aromatic nitrogens is 1. The zero-order chi connectivity index (χ0) is 19.1. The van der Waals surface area contributed by atoms with E-state index in [4.69, 9.17) is 0 Å². The van der Waals surface area contributed by atoms with Crippen LogP contribution in [0, 0.1) is 0 Å². The molecule has 1 fully saturated rings. The molecule has 0 spiro atoms. The largest absolute Gasteiger partial charge is 0.469 e. The fourth-order valence-corrected chi connectivity index (χ4v) is 3.84. The van der Waals surface area contributed by atoms with Crippen LogP contribution in [0.25, 0.3) is 11.3 Å². The number of esters is 1. The van der Waals surface area contributed by atoms with Crippen LogP contribution in [0.15, 0.2) is 29.6 Å². The minimum atomic E-state index is -0.146. The summed E-state index contributed by atoms with van der Waals surface area (Å²) in [5.41, 5.74) is 2.95. The maximum atomic E-state index is 11.8. The van der Waals surface area contributed by atoms with E-state index >= 15 is 0 Å². The summed E-state index contributed by atoms with van der Waals surface area (Å²) < 4.78 is 4.63. The quantitative estimate of drug-likeness (QED) is 0.518. The summed E-state index contributed by atoms with van der Waals surface area (Å²) in [6, 6.07) is 8.03. The predicted octanol–water partition coefficient (Wildman–Crippen LogP) is 4.08. The minimum Gasteiger partial charge on any atom is -0.469 e. The highest BCUT2D eigenvalue weighted by Crippen LogP contribution is 2.28. The Morgan fingerprint density at radius 1 is 1.26 bits per heavy atom. The second kappa shape index (κ2) is 9.50. The Bertz CT molecular complexity index is 773. The number of unbranched alkanes of at least 4 members (excludes halogenated alkanes) is 2. The van der Waals surface area contributed by atoms with Gasteiger partial charge in [0.25, 0.3) is 0 Å². The van der Waals surface area contributed by atoms with Gasteiger partial charge in [-0.2, -0.15) is 0 Å². The van der Waals surface area contributed by atoms with Crippen LogP contribution in [0.4, 0.5) is 10.8 Å². The zero-order valence-electron chi connectivity index (χ0n) is 15.6. The molecule has 1 aromatic carbocycles. The summed E-state index contributed by atoms with van der Waals surface area (Å²) in [6.45, 7) is 1.65. The van der Waals surface area contributed by atoms with E-state index in [1.54, 1.807) is 11.3 Å². The molecule has 7 heteroatoms. The number of carbonyl (C=O) groups is 2. The molecule has 1 aliphatic heterocycles. The maximum Gasteiger partial charge on any atom is 0.305 e. The molecule has 1 amide bonds. The second-order valence-corrected chi connectivity index (χ2v) is 7.41. The maximum absolute atomic E-state index is 11.8. The molecule has 0 aliphatic carbocycles. The lowest BCUT2D eigenvalue weighted by Crippen LogP contribution is -2.23. The lowest BCUT2D eigenvalue weighted by Gasteiger charge is -2.15. The van der Waals surface area contributed by atoms with E-state index in [2.05, 4.69) is 15.0 Å². The van der Waals surface area contributed by atoms with Gasteiger partial charge in [-0.3, -0.25) is 9.59 Å². The Morgan fingerprint density at radius 2 is 2.07 bits per heavy atom. The van der Waals surface area contributed by atoms with Crippen molar-refractivity contribution in [1.29, 1.82) is 0 Å². The first-order valence-electron chi connectivity index (χ1n) is 9.34. The minimum absolute atomic E-state index is 0.146. The lowest BCUT2D eigenvalue weighted by molar-refractivity contribution is -0.140. The molecule has 6 nitrogen and oxygen atoms in total. The van der Waals surface area contributed by atoms with Gasteiger partial charge in [0.05, 0.1) is 12.8 Å². The van der Waals surface area contributed by atoms with Crippen molar-refractivity contribution in [3.63, 3.8) is 0 Å². The molecule has 0 unspecified atom stereocenters. The summed E-state index contributed by atoms with van der Waals surface area (Å²) in [7, 11) is 1.42. The van der Waals surface area contributed by atoms with Gasteiger partial charge in [-0.15, -0.1) is 11.3 Å². The molecule has 144 valence electrons. The van der Waals surface area contributed by atoms with Crippen molar-refractivity contribution < 1.29 is 14.3 Å². The van der Waals surface area contributed by atoms with Crippen molar-refractivity contribution >= 4 is 34.0 Å². The zero-order valence-corrected chi connectivity index (χ0v) is 16.4. The topological polar surface area (TPSA) is 71.5 Å². The Hall–Kier alpha value is -2.41. The monoisotopic (exact) mass is 387 g/mol. The smallest absolute Gasteiger partial charge is 0.305 e. The highest BCUT2D eigenvalue weighted by Gasteiger charge is 2.21. The molecule has 2 aromatic rings. The number of thiazole rings is 1. The molecule has 1 aliphatic rings. The highest BCUT2D eigenvalue weighted by atomic mass is 32.1. The first-order valence-corrected chi connectivity index (χ1v) is 10.2. The number of nitrogens with one attached hydrogen (secondary N) is 1. The van der Waals surface area contributed by atoms with Gasteiger partial charge in [0.15, 0.2) is 5.13 Å². The first kappa shape index (κ1) is 19.4. The predicted molar refractivity (Wildman–Crippen MR) is 108 cm³/mol. The lowest BCUT2D eigenvalue weighted by atomic mass is 10.1. The van der Waals surface area contributed by atoms with Gasteiger partial charge in [-0.05, 0) is 31.4 Å². The van der Waals surface area contributed by atoms with Gasteiger partial charge in [0.2, 0.25) is 5.91 Å². The first-order chi connectivity index (χ1) is 13.2. The summed E-state index contributed by atoms with van der Waals surface area (Å²) in [5, 5.41) is 6.27. The van der Waals surface area contributed by atoms with E-state index in [9.17, 15) is 9.59 Å². The van der Waals surface area contributed by atoms with Gasteiger partial charge < -0.3 is 15.0 Å². The normalized spacial score (nSPS) is 13.8. The third kappa shape index (κ3) is 5.29. The summed E-state index contributed by atoms with van der Waals surface area (Å²) in [6.07, 6.45) is 4.89. The van der Waals surface area contributed by atoms with Crippen molar-refractivity contribution in [3.8, 4) is 11.3 Å². The standard InChI is InChI=1S/C20H25N3O3S/c1-26-19(25)7-3-2-4-12-21-20-22-17(14-27-20)15-8-10-16(11-9-15)23-13-5-6-18(23)24/h8-11,14H,2-7,12-13H2,1H3,(H,21,22). The van der Waals surface area contributed by atoms with Crippen LogP contribution >= 0.6 is 11.3 Å². The summed E-state index contributed by atoms with van der Waals surface area (Å²) >= 11 is 1.59. The van der Waals surface area contributed by atoms with Crippen LogP contribution in [-0.2, 0) is 14.3 Å². The van der Waals surface area contributed by atoms with Crippen LogP contribution in [0.2, 0.25) is 0 Å². The van der Waals surface area contributed by atoms with Crippen molar-refractivity contribution in [3.05, 3.63) is 29.6 Å². The van der Waals surface area contributed by atoms with Crippen LogP contribution < -0.4 is 10.2 Å². The van der Waals surface area contributed by atoms with Crippen molar-refractivity contribution in [2.75, 3.05) is 30.4 Å². The van der Waals surface area contributed by atoms with E-state index in [0.717, 1.165) is 60.8 Å². The number of amides is 1. The van der Waals surface area contributed by atoms with E-state index in [1.807, 2.05) is 34.5 Å². The number of benzene rings is 1. The Kier molecular flexibility index (Phi) is 6.81. The van der Waals surface area contributed by atoms with Gasteiger partial charge in [-0.1, -0.05) is 18.6 Å². The Morgan fingerprint density at radius 3 is 2.78 bits per heavy atom. The highest BCUT2D eigenvalue weighted by molar-refractivity contribution is 7.14. The molecule has 1 N–H and O–H groups in total. The molecular formula is C20H25N3O3S. The molecule has 27 heavy (non-hydrogen) atoms. The van der Waals surface area contributed by atoms with Gasteiger partial charge in [0.1, 0.15) is 0 Å². The average molecular weight is 388 g/mol. The number of anilines is 2. The summed E-state index contributed by atoms with van der Waals surface area (Å²) in [4.78, 5) is 29.4.